The molecule has 3 heterocycles. The Morgan fingerprint density at radius 2 is 1.86 bits per heavy atom. The molecule has 1 aliphatic rings. The van der Waals surface area contributed by atoms with Crippen molar-refractivity contribution in [2.24, 2.45) is 0 Å². The molecule has 0 saturated heterocycles. The van der Waals surface area contributed by atoms with Gasteiger partial charge in [-0.15, -0.1) is 22.7 Å². The zero-order valence-corrected chi connectivity index (χ0v) is 14.4. The minimum absolute atomic E-state index is 0.194. The van der Waals surface area contributed by atoms with Crippen molar-refractivity contribution >= 4 is 48.0 Å². The van der Waals surface area contributed by atoms with Crippen molar-refractivity contribution in [2.75, 3.05) is 13.2 Å². The maximum atomic E-state index is 5.78. The number of hydrogen-bond acceptors (Lipinski definition) is 4. The van der Waals surface area contributed by atoms with Gasteiger partial charge in [-0.1, -0.05) is 22.0 Å². The Bertz CT molecular complexity index is 749. The van der Waals surface area contributed by atoms with Crippen molar-refractivity contribution in [3.05, 3.63) is 46.2 Å². The van der Waals surface area contributed by atoms with Crippen molar-refractivity contribution in [2.45, 2.75) is 11.2 Å². The van der Waals surface area contributed by atoms with Crippen LogP contribution in [0, 0.1) is 0 Å². The minimum Gasteiger partial charge on any atom is -0.490 e. The molecule has 21 heavy (non-hydrogen) atoms. The number of hydrogen-bond donors (Lipinski definition) is 0. The number of rotatable bonds is 2. The molecule has 3 aromatic rings. The first kappa shape index (κ1) is 13.6. The Morgan fingerprint density at radius 3 is 2.71 bits per heavy atom. The second-order valence-electron chi connectivity index (χ2n) is 4.92. The van der Waals surface area contributed by atoms with Crippen LogP contribution < -0.4 is 9.47 Å². The van der Waals surface area contributed by atoms with E-state index in [0.717, 1.165) is 31.1 Å². The standard InChI is InChI=1S/C16H13BrO2S2/c17-16(15-9-14-13(21-15)4-7-20-14)10-2-3-11-12(8-10)19-6-1-5-18-11/h2-4,7-9,16H,1,5-6H2. The lowest BCUT2D eigenvalue weighted by Gasteiger charge is -2.12. The SMILES string of the molecule is BrC(c1ccc2c(c1)OCCCO2)c1cc2sccc2s1. The normalized spacial score (nSPS) is 15.9. The maximum absolute atomic E-state index is 5.78. The van der Waals surface area contributed by atoms with Crippen LogP contribution >= 0.6 is 38.6 Å². The third-order valence-electron chi connectivity index (χ3n) is 3.47. The summed E-state index contributed by atoms with van der Waals surface area (Å²) in [6.45, 7) is 1.45. The van der Waals surface area contributed by atoms with Crippen molar-refractivity contribution in [3.63, 3.8) is 0 Å². The highest BCUT2D eigenvalue weighted by Crippen LogP contribution is 2.42. The monoisotopic (exact) mass is 380 g/mol. The predicted octanol–water partition coefficient (Wildman–Crippen LogP) is 5.61. The molecule has 0 aliphatic carbocycles. The van der Waals surface area contributed by atoms with E-state index in [1.165, 1.54) is 19.8 Å². The van der Waals surface area contributed by atoms with Crippen LogP contribution in [-0.2, 0) is 0 Å². The average Bonchev–Trinajstić information content (AvgIpc) is 3.00. The molecule has 0 bridgehead atoms. The van der Waals surface area contributed by atoms with Gasteiger partial charge >= 0.3 is 0 Å². The van der Waals surface area contributed by atoms with Crippen LogP contribution in [0.3, 0.4) is 0 Å². The molecule has 1 atom stereocenters. The van der Waals surface area contributed by atoms with Crippen molar-refractivity contribution in [3.8, 4) is 11.5 Å². The molecule has 1 unspecified atom stereocenters. The van der Waals surface area contributed by atoms with Gasteiger partial charge < -0.3 is 9.47 Å². The van der Waals surface area contributed by atoms with E-state index in [4.69, 9.17) is 9.47 Å². The van der Waals surface area contributed by atoms with Crippen molar-refractivity contribution in [1.82, 2.24) is 0 Å². The topological polar surface area (TPSA) is 18.5 Å². The fourth-order valence-electron chi connectivity index (χ4n) is 2.41. The predicted molar refractivity (Wildman–Crippen MR) is 92.5 cm³/mol. The Balaban J connectivity index is 1.68. The Labute approximate surface area is 139 Å². The third-order valence-corrected chi connectivity index (χ3v) is 6.96. The molecular formula is C16H13BrO2S2. The number of halogens is 1. The molecule has 0 fully saturated rings. The van der Waals surface area contributed by atoms with E-state index in [1.54, 1.807) is 11.3 Å². The van der Waals surface area contributed by atoms with E-state index in [0.29, 0.717) is 0 Å². The lowest BCUT2D eigenvalue weighted by molar-refractivity contribution is 0.297. The zero-order valence-electron chi connectivity index (χ0n) is 11.2. The first-order valence-electron chi connectivity index (χ1n) is 6.82. The number of ether oxygens (including phenoxy) is 2. The van der Waals surface area contributed by atoms with Crippen LogP contribution in [-0.4, -0.2) is 13.2 Å². The van der Waals surface area contributed by atoms with E-state index >= 15 is 0 Å². The van der Waals surface area contributed by atoms with Crippen LogP contribution in [0.25, 0.3) is 9.40 Å². The van der Waals surface area contributed by atoms with E-state index in [-0.39, 0.29) is 4.83 Å². The van der Waals surface area contributed by atoms with Crippen LogP contribution in [0.1, 0.15) is 21.7 Å². The summed E-state index contributed by atoms with van der Waals surface area (Å²) >= 11 is 7.45. The summed E-state index contributed by atoms with van der Waals surface area (Å²) in [6, 6.07) is 10.7. The Hall–Kier alpha value is -1.04. The molecule has 4 rings (SSSR count). The summed E-state index contributed by atoms with van der Waals surface area (Å²) in [7, 11) is 0. The van der Waals surface area contributed by atoms with Crippen molar-refractivity contribution < 1.29 is 9.47 Å². The molecule has 0 amide bonds. The molecule has 0 N–H and O–H groups in total. The van der Waals surface area contributed by atoms with E-state index < -0.39 is 0 Å². The van der Waals surface area contributed by atoms with Gasteiger partial charge in [0.1, 0.15) is 0 Å². The Kier molecular flexibility index (Phi) is 3.65. The first-order valence-corrected chi connectivity index (χ1v) is 9.43. The molecule has 5 heteroatoms. The van der Waals surface area contributed by atoms with Gasteiger partial charge in [-0.05, 0) is 35.2 Å². The highest BCUT2D eigenvalue weighted by atomic mass is 79.9. The molecule has 0 spiro atoms. The van der Waals surface area contributed by atoms with Crippen LogP contribution in [0.4, 0.5) is 0 Å². The van der Waals surface area contributed by atoms with E-state index in [1.807, 2.05) is 17.4 Å². The van der Waals surface area contributed by atoms with Crippen LogP contribution in [0.2, 0.25) is 0 Å². The zero-order chi connectivity index (χ0) is 14.2. The fraction of sp³-hybridized carbons (Fsp3) is 0.250. The number of thiophene rings is 2. The maximum Gasteiger partial charge on any atom is 0.161 e. The average molecular weight is 381 g/mol. The Morgan fingerprint density at radius 1 is 1.00 bits per heavy atom. The van der Waals surface area contributed by atoms with Crippen LogP contribution in [0.5, 0.6) is 11.5 Å². The molecule has 1 aliphatic heterocycles. The summed E-state index contributed by atoms with van der Waals surface area (Å²) in [5.74, 6) is 1.70. The second kappa shape index (κ2) is 5.63. The van der Waals surface area contributed by atoms with E-state index in [9.17, 15) is 0 Å². The molecule has 1 aromatic carbocycles. The quantitative estimate of drug-likeness (QED) is 0.538. The summed E-state index contributed by atoms with van der Waals surface area (Å²) < 4.78 is 14.2. The van der Waals surface area contributed by atoms with Gasteiger partial charge in [0.15, 0.2) is 11.5 Å². The smallest absolute Gasteiger partial charge is 0.161 e. The van der Waals surface area contributed by atoms with Crippen molar-refractivity contribution in [1.29, 1.82) is 0 Å². The minimum atomic E-state index is 0.194. The molecule has 2 nitrogen and oxygen atoms in total. The highest BCUT2D eigenvalue weighted by molar-refractivity contribution is 9.09. The van der Waals surface area contributed by atoms with Gasteiger partial charge in [0, 0.05) is 20.7 Å². The first-order chi connectivity index (χ1) is 10.3. The number of benzene rings is 1. The summed E-state index contributed by atoms with van der Waals surface area (Å²) in [5, 5.41) is 2.14. The highest BCUT2D eigenvalue weighted by Gasteiger charge is 2.18. The number of fused-ring (bicyclic) bond motifs is 2. The molecule has 2 aromatic heterocycles. The largest absolute Gasteiger partial charge is 0.490 e. The van der Waals surface area contributed by atoms with Gasteiger partial charge in [0.25, 0.3) is 0 Å². The molecule has 108 valence electrons. The lowest BCUT2D eigenvalue weighted by Crippen LogP contribution is -1.97. The summed E-state index contributed by atoms with van der Waals surface area (Å²) in [5.41, 5.74) is 1.20. The molecule has 0 saturated carbocycles. The number of alkyl halides is 1. The third kappa shape index (κ3) is 2.58. The molecular weight excluding hydrogens is 368 g/mol. The van der Waals surface area contributed by atoms with Gasteiger partial charge in [0.05, 0.1) is 18.0 Å². The molecule has 0 radical (unpaired) electrons. The van der Waals surface area contributed by atoms with Gasteiger partial charge in [-0.2, -0.15) is 0 Å². The van der Waals surface area contributed by atoms with Gasteiger partial charge in [-0.3, -0.25) is 0 Å². The second-order valence-corrected chi connectivity index (χ2v) is 7.90. The summed E-state index contributed by atoms with van der Waals surface area (Å²) in [6.07, 6.45) is 0.933. The fourth-order valence-corrected chi connectivity index (χ4v) is 5.23. The van der Waals surface area contributed by atoms with Crippen LogP contribution in [0.15, 0.2) is 35.7 Å². The van der Waals surface area contributed by atoms with Gasteiger partial charge in [0.2, 0.25) is 0 Å². The lowest BCUT2D eigenvalue weighted by atomic mass is 10.1. The van der Waals surface area contributed by atoms with Gasteiger partial charge in [-0.25, -0.2) is 0 Å². The van der Waals surface area contributed by atoms with E-state index in [2.05, 4.69) is 45.6 Å². The summed E-state index contributed by atoms with van der Waals surface area (Å²) in [4.78, 5) is 1.52.